The van der Waals surface area contributed by atoms with E-state index in [9.17, 15) is 28.4 Å². The van der Waals surface area contributed by atoms with Crippen molar-refractivity contribution in [2.45, 2.75) is 119 Å². The van der Waals surface area contributed by atoms with E-state index in [1.54, 1.807) is 12.3 Å². The molecule has 4 N–H and O–H groups in total. The molecule has 2 saturated carbocycles. The first-order valence-electron chi connectivity index (χ1n) is 24.9. The molecule has 4 atom stereocenters. The van der Waals surface area contributed by atoms with E-state index in [0.29, 0.717) is 79.8 Å². The predicted molar refractivity (Wildman–Crippen MR) is 264 cm³/mol. The van der Waals surface area contributed by atoms with Gasteiger partial charge in [0.25, 0.3) is 21.6 Å². The molecule has 3 aromatic carbocycles. The first kappa shape index (κ1) is 45.2. The maximum Gasteiger partial charge on any atom is 0.297 e. The van der Waals surface area contributed by atoms with Crippen LogP contribution >= 0.6 is 0 Å². The lowest BCUT2D eigenvalue weighted by molar-refractivity contribution is -0.384. The number of anilines is 4. The van der Waals surface area contributed by atoms with Crippen LogP contribution in [0.2, 0.25) is 0 Å². The highest BCUT2D eigenvalue weighted by Gasteiger charge is 2.55. The molecule has 2 aromatic heterocycles. The minimum atomic E-state index is -4.70. The molecule has 7 aliphatic rings. The van der Waals surface area contributed by atoms with E-state index < -0.39 is 43.1 Å². The van der Waals surface area contributed by atoms with E-state index in [-0.39, 0.29) is 47.0 Å². The van der Waals surface area contributed by atoms with E-state index in [1.807, 2.05) is 36.1 Å². The Morgan fingerprint density at radius 1 is 1.00 bits per heavy atom. The second-order valence-electron chi connectivity index (χ2n) is 21.6. The summed E-state index contributed by atoms with van der Waals surface area (Å²) in [6.45, 7) is 9.96. The molecule has 368 valence electrons. The molecule has 5 fully saturated rings. The number of aromatic nitrogens is 2. The van der Waals surface area contributed by atoms with Crippen molar-refractivity contribution in [2.24, 2.45) is 11.3 Å². The number of sulfonamides is 1. The van der Waals surface area contributed by atoms with Crippen LogP contribution in [0.5, 0.6) is 11.6 Å². The molecule has 1 spiro atoms. The Morgan fingerprint density at radius 3 is 2.59 bits per heavy atom. The molecule has 3 saturated heterocycles. The van der Waals surface area contributed by atoms with Crippen LogP contribution in [0.25, 0.3) is 11.0 Å². The maximum atomic E-state index is 14.7. The van der Waals surface area contributed by atoms with Crippen molar-refractivity contribution < 1.29 is 37.5 Å². The third kappa shape index (κ3) is 7.81. The number of aromatic amines is 1. The van der Waals surface area contributed by atoms with E-state index in [2.05, 4.69) is 62.9 Å². The number of amides is 1. The Kier molecular flexibility index (Phi) is 10.9. The summed E-state index contributed by atoms with van der Waals surface area (Å²) in [6, 6.07) is 20.8. The molecule has 2 aliphatic carbocycles. The zero-order chi connectivity index (χ0) is 48.3. The zero-order valence-electron chi connectivity index (χ0n) is 39.7. The van der Waals surface area contributed by atoms with E-state index in [4.69, 9.17) is 19.2 Å². The lowest BCUT2D eigenvalue weighted by atomic mass is 9.60. The second kappa shape index (κ2) is 16.8. The third-order valence-electron chi connectivity index (χ3n) is 16.5. The topological polar surface area (TPSA) is 205 Å². The van der Waals surface area contributed by atoms with Crippen LogP contribution in [-0.2, 0) is 14.8 Å². The lowest BCUT2D eigenvalue weighted by Crippen LogP contribution is -2.66. The molecule has 18 heteroatoms. The van der Waals surface area contributed by atoms with E-state index in [1.165, 1.54) is 30.0 Å². The van der Waals surface area contributed by atoms with Gasteiger partial charge >= 0.3 is 0 Å². The zero-order valence-corrected chi connectivity index (χ0v) is 40.5. The number of H-pyrrole nitrogens is 1. The Bertz CT molecular complexity index is 3010. The van der Waals surface area contributed by atoms with Crippen LogP contribution in [0.3, 0.4) is 0 Å². The average Bonchev–Trinajstić information content (AvgIpc) is 4.10. The summed E-state index contributed by atoms with van der Waals surface area (Å²) in [4.78, 5) is 41.2. The molecule has 0 unspecified atom stereocenters. The first-order chi connectivity index (χ1) is 33.6. The molecule has 70 heavy (non-hydrogen) atoms. The average molecular weight is 973 g/mol. The second-order valence-corrected chi connectivity index (χ2v) is 23.2. The number of nitro benzene ring substituents is 1. The number of nitrogens with one attached hydrogen (secondary N) is 3. The van der Waals surface area contributed by atoms with Crippen LogP contribution in [0.15, 0.2) is 77.8 Å². The number of ether oxygens (including phenoxy) is 3. The molecule has 17 nitrogen and oxygen atoms in total. The molecule has 1 amide bonds. The van der Waals surface area contributed by atoms with Crippen LogP contribution in [0.1, 0.15) is 106 Å². The quantitative estimate of drug-likeness (QED) is 0.0776. The number of carbonyl (C=O) groups excluding carboxylic acids is 1. The number of fused-ring (bicyclic) bond motifs is 4. The summed E-state index contributed by atoms with van der Waals surface area (Å²) < 4.78 is 49.3. The molecular weight excluding hydrogens is 913 g/mol. The number of benzene rings is 3. The minimum absolute atomic E-state index is 0.00806. The van der Waals surface area contributed by atoms with Gasteiger partial charge in [-0.25, -0.2) is 13.1 Å². The summed E-state index contributed by atoms with van der Waals surface area (Å²) in [5.74, 6) is 0.0292. The van der Waals surface area contributed by atoms with Gasteiger partial charge in [-0.15, -0.1) is 0 Å². The molecule has 5 aliphatic heterocycles. The molecule has 7 heterocycles. The van der Waals surface area contributed by atoms with Crippen molar-refractivity contribution in [1.29, 1.82) is 0 Å². The summed E-state index contributed by atoms with van der Waals surface area (Å²) in [7, 11) is -4.70. The number of nitro groups is 1. The van der Waals surface area contributed by atoms with Crippen molar-refractivity contribution in [3.63, 3.8) is 0 Å². The molecular formula is C52H60N8O9S. The van der Waals surface area contributed by atoms with Gasteiger partial charge in [-0.3, -0.25) is 19.8 Å². The van der Waals surface area contributed by atoms with Crippen LogP contribution in [-0.4, -0.2) is 109 Å². The fraction of sp³-hybridized carbons (Fsp3) is 0.500. The third-order valence-corrected chi connectivity index (χ3v) is 17.8. The van der Waals surface area contributed by atoms with Gasteiger partial charge in [-0.2, -0.15) is 4.98 Å². The highest BCUT2D eigenvalue weighted by molar-refractivity contribution is 7.90. The standard InChI is InChI=1S/C52H60N8O9S/c1-30(2)36-7-4-5-8-37(36)40-9-6-18-58(40)34-23-52(24-34)28-57(29-52)33-10-11-38(41(20-33)59-43-19-32-14-17-53-48(32)55-50(43)69-46-27-67-26-44(46)59)49(61)56-70(65,66)35-21-42(60(63)64)47-45(22-35)68-25-39(54-47)31-12-15-51(3,62)16-13-31/h4-5,7-8,10-11,14,17,19-22,30-31,34,39-40,44,46,54,62H,6,9,12-13,15-16,18,23-29H2,1-3H3,(H,53,55)(H,56,61)/t31?,39-,40-,44-,46-,51?/m0/s1. The van der Waals surface area contributed by atoms with Gasteiger partial charge in [0.1, 0.15) is 24.0 Å². The Balaban J connectivity index is 0.833. The summed E-state index contributed by atoms with van der Waals surface area (Å²) in [5, 5.41) is 27.1. The number of carbonyl (C=O) groups is 1. The van der Waals surface area contributed by atoms with Gasteiger partial charge in [0, 0.05) is 60.0 Å². The minimum Gasteiger partial charge on any atom is -0.489 e. The molecule has 0 bridgehead atoms. The highest BCUT2D eigenvalue weighted by atomic mass is 32.2. The predicted octanol–water partition coefficient (Wildman–Crippen LogP) is 7.93. The lowest BCUT2D eigenvalue weighted by Gasteiger charge is -2.62. The van der Waals surface area contributed by atoms with Gasteiger partial charge in [-0.1, -0.05) is 38.1 Å². The van der Waals surface area contributed by atoms with Gasteiger partial charge in [0.05, 0.1) is 52.0 Å². The number of hydrogen-bond donors (Lipinski definition) is 4. The first-order valence-corrected chi connectivity index (χ1v) is 26.4. The smallest absolute Gasteiger partial charge is 0.297 e. The maximum absolute atomic E-state index is 14.7. The van der Waals surface area contributed by atoms with Crippen molar-refractivity contribution in [3.8, 4) is 11.6 Å². The molecule has 0 radical (unpaired) electrons. The fourth-order valence-corrected chi connectivity index (χ4v) is 13.8. The largest absolute Gasteiger partial charge is 0.489 e. The van der Waals surface area contributed by atoms with Gasteiger partial charge in [0.15, 0.2) is 11.4 Å². The van der Waals surface area contributed by atoms with E-state index in [0.717, 1.165) is 49.6 Å². The summed E-state index contributed by atoms with van der Waals surface area (Å²) in [5.41, 5.74) is 4.65. The molecule has 5 aromatic rings. The number of hydrogen-bond acceptors (Lipinski definition) is 14. The Labute approximate surface area is 407 Å². The van der Waals surface area contributed by atoms with Crippen molar-refractivity contribution in [2.75, 3.05) is 54.6 Å². The number of pyridine rings is 1. The number of rotatable bonds is 10. The number of likely N-dealkylation sites (tertiary alicyclic amines) is 1. The monoisotopic (exact) mass is 972 g/mol. The Morgan fingerprint density at radius 2 is 1.80 bits per heavy atom. The van der Waals surface area contributed by atoms with Crippen molar-refractivity contribution in [3.05, 3.63) is 99.7 Å². The highest BCUT2D eigenvalue weighted by Crippen LogP contribution is 2.55. The summed E-state index contributed by atoms with van der Waals surface area (Å²) >= 11 is 0. The van der Waals surface area contributed by atoms with Crippen molar-refractivity contribution >= 4 is 55.4 Å². The Hall–Kier alpha value is -5.95. The number of aliphatic hydroxyl groups is 1. The summed E-state index contributed by atoms with van der Waals surface area (Å²) in [6.07, 6.45) is 8.62. The number of nitrogens with zero attached hydrogens (tertiary/aromatic N) is 5. The fourth-order valence-electron chi connectivity index (χ4n) is 12.8. The van der Waals surface area contributed by atoms with Crippen molar-refractivity contribution in [1.82, 2.24) is 19.6 Å². The van der Waals surface area contributed by atoms with Crippen LogP contribution in [0.4, 0.5) is 28.4 Å². The van der Waals surface area contributed by atoms with Gasteiger partial charge in [0.2, 0.25) is 5.88 Å². The van der Waals surface area contributed by atoms with E-state index >= 15 is 0 Å². The van der Waals surface area contributed by atoms with Crippen LogP contribution < -0.4 is 29.3 Å². The SMILES string of the molecule is CC(C)c1ccccc1[C@@H]1CCCN1C1CC2(C1)CN(c1ccc(C(=O)NS(=O)(=O)c3cc4c(c([N+](=O)[O-])c3)N[C@H](C3CCC(C)(O)CC3)CO4)c(N3c4cc5cc[nH]c5nc4O[C@H]4COC[C@@H]43)c1)C2. The van der Waals surface area contributed by atoms with Gasteiger partial charge < -0.3 is 39.4 Å². The van der Waals surface area contributed by atoms with Gasteiger partial charge in [-0.05, 0) is 118 Å². The normalized spacial score (nSPS) is 27.2. The van der Waals surface area contributed by atoms with Crippen LogP contribution in [0, 0.1) is 21.4 Å². The molecule has 12 rings (SSSR count).